The lowest BCUT2D eigenvalue weighted by Crippen LogP contribution is -2.34. The molecule has 17 heavy (non-hydrogen) atoms. The van der Waals surface area contributed by atoms with Crippen molar-refractivity contribution in [2.24, 2.45) is 0 Å². The van der Waals surface area contributed by atoms with Gasteiger partial charge in [0.2, 0.25) is 5.91 Å². The smallest absolute Gasteiger partial charge is 0.246 e. The van der Waals surface area contributed by atoms with Gasteiger partial charge in [-0.05, 0) is 18.2 Å². The molecule has 0 aliphatic heterocycles. The SMILES string of the molecule is O=C(C=Cc1ccc(Cl)s1)N(CCO)CCO. The number of amides is 1. The van der Waals surface area contributed by atoms with Crippen LogP contribution < -0.4 is 0 Å². The van der Waals surface area contributed by atoms with Gasteiger partial charge in [0.05, 0.1) is 17.6 Å². The Balaban J connectivity index is 2.59. The molecule has 0 bridgehead atoms. The third-order valence-corrected chi connectivity index (χ3v) is 3.23. The number of nitrogens with zero attached hydrogens (tertiary/aromatic N) is 1. The zero-order chi connectivity index (χ0) is 12.7. The molecule has 6 heteroatoms. The Hall–Kier alpha value is -0.880. The predicted octanol–water partition coefficient (Wildman–Crippen LogP) is 1.23. The Kier molecular flexibility index (Phi) is 6.21. The van der Waals surface area contributed by atoms with Crippen molar-refractivity contribution in [2.75, 3.05) is 26.3 Å². The molecule has 0 saturated carbocycles. The number of thiophene rings is 1. The second-order valence-electron chi connectivity index (χ2n) is 3.25. The third kappa shape index (κ3) is 4.87. The number of carbonyl (C=O) groups excluding carboxylic acids is 1. The van der Waals surface area contributed by atoms with E-state index < -0.39 is 0 Å². The van der Waals surface area contributed by atoms with Crippen LogP contribution >= 0.6 is 22.9 Å². The second-order valence-corrected chi connectivity index (χ2v) is 4.99. The molecule has 2 N–H and O–H groups in total. The molecular formula is C11H14ClNO3S. The van der Waals surface area contributed by atoms with Gasteiger partial charge in [-0.15, -0.1) is 11.3 Å². The molecule has 4 nitrogen and oxygen atoms in total. The molecule has 94 valence electrons. The van der Waals surface area contributed by atoms with Gasteiger partial charge in [0, 0.05) is 24.0 Å². The quantitative estimate of drug-likeness (QED) is 0.768. The van der Waals surface area contributed by atoms with Crippen LogP contribution in [-0.4, -0.2) is 47.3 Å². The topological polar surface area (TPSA) is 60.8 Å². The van der Waals surface area contributed by atoms with Crippen LogP contribution in [0.1, 0.15) is 4.88 Å². The van der Waals surface area contributed by atoms with Crippen molar-refractivity contribution in [3.8, 4) is 0 Å². The van der Waals surface area contributed by atoms with E-state index in [4.69, 9.17) is 21.8 Å². The van der Waals surface area contributed by atoms with Crippen molar-refractivity contribution < 1.29 is 15.0 Å². The van der Waals surface area contributed by atoms with Crippen molar-refractivity contribution in [1.82, 2.24) is 4.90 Å². The highest BCUT2D eigenvalue weighted by Gasteiger charge is 2.08. The summed E-state index contributed by atoms with van der Waals surface area (Å²) in [6.45, 7) is 0.193. The van der Waals surface area contributed by atoms with Gasteiger partial charge in [-0.3, -0.25) is 4.79 Å². The van der Waals surface area contributed by atoms with Gasteiger partial charge in [0.25, 0.3) is 0 Å². The maximum Gasteiger partial charge on any atom is 0.246 e. The largest absolute Gasteiger partial charge is 0.395 e. The highest BCUT2D eigenvalue weighted by atomic mass is 35.5. The van der Waals surface area contributed by atoms with Gasteiger partial charge < -0.3 is 15.1 Å². The standard InChI is InChI=1S/C11H14ClNO3S/c12-10-3-1-9(17-10)2-4-11(16)13(5-7-14)6-8-15/h1-4,14-15H,5-8H2. The van der Waals surface area contributed by atoms with Crippen LogP contribution in [0.2, 0.25) is 4.34 Å². The van der Waals surface area contributed by atoms with Gasteiger partial charge in [-0.2, -0.15) is 0 Å². The summed E-state index contributed by atoms with van der Waals surface area (Å²) < 4.78 is 0.666. The summed E-state index contributed by atoms with van der Waals surface area (Å²) in [5.41, 5.74) is 0. The highest BCUT2D eigenvalue weighted by Crippen LogP contribution is 2.22. The number of halogens is 1. The van der Waals surface area contributed by atoms with Gasteiger partial charge in [0.1, 0.15) is 0 Å². The molecule has 0 aliphatic rings. The fraction of sp³-hybridized carbons (Fsp3) is 0.364. The van der Waals surface area contributed by atoms with E-state index in [1.807, 2.05) is 6.07 Å². The highest BCUT2D eigenvalue weighted by molar-refractivity contribution is 7.17. The fourth-order valence-corrected chi connectivity index (χ4v) is 2.21. The normalized spacial score (nSPS) is 11.0. The number of hydrogen-bond acceptors (Lipinski definition) is 4. The average Bonchev–Trinajstić information content (AvgIpc) is 2.72. The van der Waals surface area contributed by atoms with Crippen LogP contribution in [0.15, 0.2) is 18.2 Å². The Morgan fingerprint density at radius 1 is 1.35 bits per heavy atom. The van der Waals surface area contributed by atoms with Crippen molar-refractivity contribution in [2.45, 2.75) is 0 Å². The summed E-state index contributed by atoms with van der Waals surface area (Å²) >= 11 is 7.14. The molecule has 0 atom stereocenters. The molecule has 1 aromatic rings. The van der Waals surface area contributed by atoms with Gasteiger partial charge in [-0.1, -0.05) is 11.6 Å². The van der Waals surface area contributed by atoms with E-state index in [2.05, 4.69) is 0 Å². The molecule has 1 aromatic heterocycles. The Morgan fingerprint density at radius 3 is 2.47 bits per heavy atom. The molecule has 0 fully saturated rings. The van der Waals surface area contributed by atoms with Crippen LogP contribution in [0, 0.1) is 0 Å². The number of aliphatic hydroxyl groups is 2. The van der Waals surface area contributed by atoms with Crippen LogP contribution in [0.4, 0.5) is 0 Å². The number of aliphatic hydroxyl groups excluding tert-OH is 2. The summed E-state index contributed by atoms with van der Waals surface area (Å²) in [6, 6.07) is 3.58. The second kappa shape index (κ2) is 7.45. The Morgan fingerprint density at radius 2 is 2.00 bits per heavy atom. The molecule has 0 saturated heterocycles. The first-order chi connectivity index (χ1) is 8.17. The van der Waals surface area contributed by atoms with Crippen LogP contribution in [0.3, 0.4) is 0 Å². The molecule has 1 rings (SSSR count). The maximum atomic E-state index is 11.7. The minimum Gasteiger partial charge on any atom is -0.395 e. The minimum absolute atomic E-state index is 0.121. The average molecular weight is 276 g/mol. The Labute approximate surface area is 109 Å². The summed E-state index contributed by atoms with van der Waals surface area (Å²) in [7, 11) is 0. The van der Waals surface area contributed by atoms with Crippen molar-refractivity contribution >= 4 is 34.9 Å². The molecule has 1 heterocycles. The Bertz CT molecular complexity index is 386. The van der Waals surface area contributed by atoms with E-state index in [1.54, 1.807) is 12.1 Å². The van der Waals surface area contributed by atoms with E-state index in [0.717, 1.165) is 4.88 Å². The first-order valence-corrected chi connectivity index (χ1v) is 6.31. The fourth-order valence-electron chi connectivity index (χ4n) is 1.25. The monoisotopic (exact) mass is 275 g/mol. The molecular weight excluding hydrogens is 262 g/mol. The van der Waals surface area contributed by atoms with Crippen LogP contribution in [0.5, 0.6) is 0 Å². The van der Waals surface area contributed by atoms with Gasteiger partial charge in [-0.25, -0.2) is 0 Å². The molecule has 0 aromatic carbocycles. The van der Waals surface area contributed by atoms with Crippen molar-refractivity contribution in [3.63, 3.8) is 0 Å². The lowest BCUT2D eigenvalue weighted by molar-refractivity contribution is -0.126. The zero-order valence-corrected chi connectivity index (χ0v) is 10.7. The molecule has 1 amide bonds. The summed E-state index contributed by atoms with van der Waals surface area (Å²) in [5, 5.41) is 17.6. The maximum absolute atomic E-state index is 11.7. The molecule has 0 aliphatic carbocycles. The van der Waals surface area contributed by atoms with E-state index in [1.165, 1.54) is 22.3 Å². The van der Waals surface area contributed by atoms with E-state index >= 15 is 0 Å². The van der Waals surface area contributed by atoms with Gasteiger partial charge >= 0.3 is 0 Å². The van der Waals surface area contributed by atoms with E-state index in [0.29, 0.717) is 4.34 Å². The predicted molar refractivity (Wildman–Crippen MR) is 69.1 cm³/mol. The number of carbonyl (C=O) groups is 1. The van der Waals surface area contributed by atoms with Crippen LogP contribution in [0.25, 0.3) is 6.08 Å². The van der Waals surface area contributed by atoms with E-state index in [-0.39, 0.29) is 32.2 Å². The van der Waals surface area contributed by atoms with Crippen molar-refractivity contribution in [3.05, 3.63) is 27.4 Å². The first-order valence-electron chi connectivity index (χ1n) is 5.11. The molecule has 0 spiro atoms. The zero-order valence-electron chi connectivity index (χ0n) is 9.17. The number of rotatable bonds is 6. The van der Waals surface area contributed by atoms with E-state index in [9.17, 15) is 4.79 Å². The van der Waals surface area contributed by atoms with Crippen LogP contribution in [-0.2, 0) is 4.79 Å². The third-order valence-electron chi connectivity index (χ3n) is 2.04. The molecule has 0 radical (unpaired) electrons. The number of hydrogen-bond donors (Lipinski definition) is 2. The van der Waals surface area contributed by atoms with Gasteiger partial charge in [0.15, 0.2) is 0 Å². The van der Waals surface area contributed by atoms with Crippen molar-refractivity contribution in [1.29, 1.82) is 0 Å². The lowest BCUT2D eigenvalue weighted by atomic mass is 10.3. The minimum atomic E-state index is -0.238. The summed E-state index contributed by atoms with van der Waals surface area (Å²) in [5.74, 6) is -0.238. The summed E-state index contributed by atoms with van der Waals surface area (Å²) in [6.07, 6.45) is 3.08. The lowest BCUT2D eigenvalue weighted by Gasteiger charge is -2.18. The molecule has 0 unspecified atom stereocenters. The first kappa shape index (κ1) is 14.2. The summed E-state index contributed by atoms with van der Waals surface area (Å²) in [4.78, 5) is 14.0.